The van der Waals surface area contributed by atoms with Crippen LogP contribution in [0.1, 0.15) is 54.5 Å². The lowest BCUT2D eigenvalue weighted by molar-refractivity contribution is 0.0440. The second kappa shape index (κ2) is 9.65. The van der Waals surface area contributed by atoms with Gasteiger partial charge in [0.25, 0.3) is 0 Å². The third-order valence-corrected chi connectivity index (χ3v) is 10.1. The molecule has 0 N–H and O–H groups in total. The molecule has 0 unspecified atom stereocenters. The van der Waals surface area contributed by atoms with Crippen molar-refractivity contribution in [1.29, 1.82) is 0 Å². The topological polar surface area (TPSA) is 75.6 Å². The van der Waals surface area contributed by atoms with Gasteiger partial charge in [0, 0.05) is 43.2 Å². The van der Waals surface area contributed by atoms with Gasteiger partial charge in [-0.05, 0) is 61.9 Å². The van der Waals surface area contributed by atoms with Gasteiger partial charge in [0.15, 0.2) is 0 Å². The van der Waals surface area contributed by atoms with Gasteiger partial charge in [0.2, 0.25) is 16.0 Å². The Hall–Kier alpha value is -2.97. The van der Waals surface area contributed by atoms with Crippen LogP contribution in [-0.4, -0.2) is 55.1 Å². The third-order valence-electron chi connectivity index (χ3n) is 8.90. The Kier molecular flexibility index (Phi) is 6.43. The van der Waals surface area contributed by atoms with Gasteiger partial charge in [-0.25, -0.2) is 22.7 Å². The van der Waals surface area contributed by atoms with E-state index < -0.39 is 10.0 Å². The summed E-state index contributed by atoms with van der Waals surface area (Å²) in [6.45, 7) is 5.48. The molecule has 1 aromatic heterocycles. The van der Waals surface area contributed by atoms with Crippen molar-refractivity contribution in [1.82, 2.24) is 14.3 Å². The Morgan fingerprint density at radius 2 is 1.53 bits per heavy atom. The van der Waals surface area contributed by atoms with Crippen molar-refractivity contribution < 1.29 is 13.2 Å². The highest BCUT2D eigenvalue weighted by Crippen LogP contribution is 2.49. The predicted octanol–water partition coefficient (Wildman–Crippen LogP) is 4.70. The fourth-order valence-corrected chi connectivity index (χ4v) is 7.24. The van der Waals surface area contributed by atoms with E-state index in [0.29, 0.717) is 19.7 Å². The first-order valence-electron chi connectivity index (χ1n) is 13.6. The van der Waals surface area contributed by atoms with Gasteiger partial charge in [0.05, 0.1) is 11.9 Å². The molecule has 1 saturated carbocycles. The summed E-state index contributed by atoms with van der Waals surface area (Å²) in [5.74, 6) is 1.56. The van der Waals surface area contributed by atoms with Crippen LogP contribution in [0, 0.1) is 12.3 Å². The molecule has 1 spiro atoms. The second-order valence-corrected chi connectivity index (χ2v) is 13.5. The Labute approximate surface area is 225 Å². The predicted molar refractivity (Wildman–Crippen MR) is 149 cm³/mol. The Balaban J connectivity index is 1.06. The van der Waals surface area contributed by atoms with Crippen LogP contribution in [0.2, 0.25) is 0 Å². The van der Waals surface area contributed by atoms with E-state index in [1.54, 1.807) is 10.5 Å². The number of aromatic nitrogens is 2. The summed E-state index contributed by atoms with van der Waals surface area (Å²) < 4.78 is 31.2. The number of hydrogen-bond donors (Lipinski definition) is 0. The Morgan fingerprint density at radius 1 is 0.895 bits per heavy atom. The van der Waals surface area contributed by atoms with E-state index >= 15 is 0 Å². The summed E-state index contributed by atoms with van der Waals surface area (Å²) >= 11 is 0. The maximum atomic E-state index is 11.8. The van der Waals surface area contributed by atoms with E-state index in [2.05, 4.69) is 65.3 Å². The molecule has 2 saturated heterocycles. The van der Waals surface area contributed by atoms with Crippen LogP contribution < -0.4 is 9.64 Å². The minimum Gasteiger partial charge on any atom is -0.487 e. The molecule has 0 radical (unpaired) electrons. The van der Waals surface area contributed by atoms with Crippen LogP contribution in [0.15, 0.2) is 60.8 Å². The summed E-state index contributed by atoms with van der Waals surface area (Å²) in [6.07, 6.45) is 8.64. The Bertz CT molecular complexity index is 1390. The van der Waals surface area contributed by atoms with Crippen molar-refractivity contribution in [3.63, 3.8) is 0 Å². The highest BCUT2D eigenvalue weighted by Gasteiger charge is 2.48. The van der Waals surface area contributed by atoms with Crippen LogP contribution in [0.3, 0.4) is 0 Å². The van der Waals surface area contributed by atoms with Crippen molar-refractivity contribution in [2.75, 3.05) is 37.3 Å². The van der Waals surface area contributed by atoms with Gasteiger partial charge in [0.1, 0.15) is 12.4 Å². The molecule has 2 aromatic carbocycles. The third kappa shape index (κ3) is 4.80. The van der Waals surface area contributed by atoms with Crippen molar-refractivity contribution in [2.24, 2.45) is 5.41 Å². The smallest absolute Gasteiger partial charge is 0.225 e. The molecule has 38 heavy (non-hydrogen) atoms. The minimum absolute atomic E-state index is 0.115. The molecule has 0 amide bonds. The number of rotatable bonds is 7. The van der Waals surface area contributed by atoms with Crippen LogP contribution >= 0.6 is 0 Å². The molecule has 3 fully saturated rings. The van der Waals surface area contributed by atoms with Crippen LogP contribution in [0.25, 0.3) is 0 Å². The molecule has 3 aliphatic rings. The van der Waals surface area contributed by atoms with E-state index in [1.165, 1.54) is 42.2 Å². The van der Waals surface area contributed by atoms with E-state index in [9.17, 15) is 8.42 Å². The van der Waals surface area contributed by atoms with Gasteiger partial charge in [-0.15, -0.1) is 0 Å². The molecule has 2 aliphatic heterocycles. The summed E-state index contributed by atoms with van der Waals surface area (Å²) in [7, 11) is -3.08. The molecule has 3 aromatic rings. The second-order valence-electron chi connectivity index (χ2n) is 11.5. The first kappa shape index (κ1) is 25.3. The highest BCUT2D eigenvalue weighted by atomic mass is 32.2. The van der Waals surface area contributed by atoms with Crippen molar-refractivity contribution in [2.45, 2.75) is 51.0 Å². The largest absolute Gasteiger partial charge is 0.487 e. The van der Waals surface area contributed by atoms with Crippen LogP contribution in [0.5, 0.6) is 5.75 Å². The number of aryl methyl sites for hydroxylation is 1. The van der Waals surface area contributed by atoms with Crippen molar-refractivity contribution >= 4 is 16.0 Å². The summed E-state index contributed by atoms with van der Waals surface area (Å²) in [5, 5.41) is 0. The molecule has 8 heteroatoms. The zero-order valence-electron chi connectivity index (χ0n) is 22.3. The number of ether oxygens (including phenoxy) is 1. The lowest BCUT2D eigenvalue weighted by Gasteiger charge is -2.52. The molecule has 3 heterocycles. The number of benzene rings is 2. The lowest BCUT2D eigenvalue weighted by Crippen LogP contribution is -2.61. The molecule has 200 valence electrons. The number of hydrogen-bond acceptors (Lipinski definition) is 6. The molecule has 1 aliphatic carbocycles. The normalized spacial score (nSPS) is 20.5. The van der Waals surface area contributed by atoms with Gasteiger partial charge in [-0.3, -0.25) is 0 Å². The fraction of sp³-hybridized carbons (Fsp3) is 0.467. The first-order chi connectivity index (χ1) is 18.2. The molecule has 0 bridgehead atoms. The van der Waals surface area contributed by atoms with Crippen molar-refractivity contribution in [3.8, 4) is 5.75 Å². The SMILES string of the molecule is Cc1ccc(C2(c3ccc(OCc4ccnc(N5CCC6(CC5)CN(S(C)(=O)=O)C6)n4)cc3)CCC2)cc1. The average Bonchev–Trinajstić information content (AvgIpc) is 2.87. The lowest BCUT2D eigenvalue weighted by atomic mass is 9.60. The maximum absolute atomic E-state index is 11.8. The van der Waals surface area contributed by atoms with E-state index in [0.717, 1.165) is 43.3 Å². The Morgan fingerprint density at radius 3 is 2.11 bits per heavy atom. The number of nitrogens with zero attached hydrogens (tertiary/aromatic N) is 4. The molecular formula is C30H36N4O3S. The van der Waals surface area contributed by atoms with Crippen LogP contribution in [0.4, 0.5) is 5.95 Å². The first-order valence-corrected chi connectivity index (χ1v) is 15.4. The number of sulfonamides is 1. The van der Waals surface area contributed by atoms with Gasteiger partial charge in [-0.2, -0.15) is 0 Å². The maximum Gasteiger partial charge on any atom is 0.225 e. The van der Waals surface area contributed by atoms with Gasteiger partial charge < -0.3 is 9.64 Å². The zero-order chi connectivity index (χ0) is 26.4. The monoisotopic (exact) mass is 532 g/mol. The van der Waals surface area contributed by atoms with Crippen LogP contribution in [-0.2, 0) is 22.0 Å². The summed E-state index contributed by atoms with van der Waals surface area (Å²) in [5.41, 5.74) is 5.15. The molecule has 7 nitrogen and oxygen atoms in total. The van der Waals surface area contributed by atoms with E-state index in [-0.39, 0.29) is 10.8 Å². The summed E-state index contributed by atoms with van der Waals surface area (Å²) in [4.78, 5) is 11.5. The van der Waals surface area contributed by atoms with Gasteiger partial charge in [-0.1, -0.05) is 48.4 Å². The number of piperidine rings is 1. The van der Waals surface area contributed by atoms with Crippen molar-refractivity contribution in [3.05, 3.63) is 83.2 Å². The van der Waals surface area contributed by atoms with E-state index in [4.69, 9.17) is 9.72 Å². The zero-order valence-corrected chi connectivity index (χ0v) is 23.1. The summed E-state index contributed by atoms with van der Waals surface area (Å²) in [6, 6.07) is 19.5. The van der Waals surface area contributed by atoms with Gasteiger partial charge >= 0.3 is 0 Å². The molecule has 6 rings (SSSR count). The van der Waals surface area contributed by atoms with E-state index in [1.807, 2.05) is 6.07 Å². The standard InChI is InChI=1S/C30H36N4O3S/c1-23-4-6-24(7-5-23)30(13-3-14-30)25-8-10-27(11-9-25)37-20-26-12-17-31-28(32-26)33-18-15-29(16-19-33)21-34(22-29)38(2,35)36/h4-12,17H,3,13-16,18-22H2,1-2H3. The molecular weight excluding hydrogens is 496 g/mol. The average molecular weight is 533 g/mol. The molecule has 0 atom stereocenters. The minimum atomic E-state index is -3.08. The quantitative estimate of drug-likeness (QED) is 0.439. The highest BCUT2D eigenvalue weighted by molar-refractivity contribution is 7.88. The fourth-order valence-electron chi connectivity index (χ4n) is 6.23. The number of anilines is 1.